The van der Waals surface area contributed by atoms with E-state index in [0.717, 1.165) is 11.3 Å². The molecule has 2 aromatic heterocycles. The standard InChI is InChI=1S/C18H12FN3O3S/c1-24-14-8-4-5-10-9-11(17(23)25-15(10)14)16-21-22-18(26-16)20-13-7-3-2-6-12(13)19/h2-9H,1H3,(H,20,22). The molecule has 6 nitrogen and oxygen atoms in total. The molecule has 0 atom stereocenters. The molecule has 4 rings (SSSR count). The number of rotatable bonds is 4. The first-order chi connectivity index (χ1) is 12.7. The number of benzene rings is 2. The molecule has 0 bridgehead atoms. The van der Waals surface area contributed by atoms with Crippen LogP contribution in [0.3, 0.4) is 0 Å². The maximum atomic E-state index is 13.7. The fourth-order valence-electron chi connectivity index (χ4n) is 2.49. The molecule has 0 spiro atoms. The molecule has 0 aliphatic heterocycles. The second-order valence-corrected chi connectivity index (χ2v) is 6.32. The number of nitrogens with zero attached hydrogens (tertiary/aromatic N) is 2. The highest BCUT2D eigenvalue weighted by molar-refractivity contribution is 7.18. The van der Waals surface area contributed by atoms with Crippen molar-refractivity contribution in [3.63, 3.8) is 0 Å². The zero-order valence-corrected chi connectivity index (χ0v) is 14.3. The summed E-state index contributed by atoms with van der Waals surface area (Å²) in [6.45, 7) is 0. The van der Waals surface area contributed by atoms with Crippen LogP contribution in [-0.4, -0.2) is 17.3 Å². The molecule has 2 aromatic carbocycles. The Labute approximate surface area is 150 Å². The Morgan fingerprint density at radius 3 is 2.81 bits per heavy atom. The number of aromatic nitrogens is 2. The lowest BCUT2D eigenvalue weighted by molar-refractivity contribution is 0.407. The zero-order valence-electron chi connectivity index (χ0n) is 13.5. The highest BCUT2D eigenvalue weighted by Crippen LogP contribution is 2.31. The fourth-order valence-corrected chi connectivity index (χ4v) is 3.25. The van der Waals surface area contributed by atoms with Crippen LogP contribution in [0, 0.1) is 5.82 Å². The Balaban J connectivity index is 1.73. The summed E-state index contributed by atoms with van der Waals surface area (Å²) in [7, 11) is 1.51. The van der Waals surface area contributed by atoms with Crippen molar-refractivity contribution in [2.75, 3.05) is 12.4 Å². The lowest BCUT2D eigenvalue weighted by Gasteiger charge is -2.04. The number of hydrogen-bond donors (Lipinski definition) is 1. The van der Waals surface area contributed by atoms with Gasteiger partial charge in [-0.05, 0) is 24.3 Å². The average molecular weight is 369 g/mol. The van der Waals surface area contributed by atoms with E-state index in [1.165, 1.54) is 13.2 Å². The third-order valence-electron chi connectivity index (χ3n) is 3.71. The van der Waals surface area contributed by atoms with E-state index in [2.05, 4.69) is 15.5 Å². The predicted octanol–water partition coefficient (Wildman–Crippen LogP) is 4.20. The average Bonchev–Trinajstić information content (AvgIpc) is 3.11. The third-order valence-corrected chi connectivity index (χ3v) is 4.59. The molecule has 0 aliphatic rings. The minimum Gasteiger partial charge on any atom is -0.493 e. The van der Waals surface area contributed by atoms with Gasteiger partial charge in [-0.15, -0.1) is 10.2 Å². The van der Waals surface area contributed by atoms with Gasteiger partial charge in [0.25, 0.3) is 0 Å². The van der Waals surface area contributed by atoms with E-state index >= 15 is 0 Å². The van der Waals surface area contributed by atoms with Crippen molar-refractivity contribution in [3.8, 4) is 16.3 Å². The number of hydrogen-bond acceptors (Lipinski definition) is 7. The number of methoxy groups -OCH3 is 1. The minimum absolute atomic E-state index is 0.282. The van der Waals surface area contributed by atoms with Gasteiger partial charge in [-0.3, -0.25) is 0 Å². The van der Waals surface area contributed by atoms with Gasteiger partial charge in [0.15, 0.2) is 16.3 Å². The summed E-state index contributed by atoms with van der Waals surface area (Å²) in [6, 6.07) is 13.2. The van der Waals surface area contributed by atoms with Crippen molar-refractivity contribution in [1.29, 1.82) is 0 Å². The first-order valence-corrected chi connectivity index (χ1v) is 8.43. The molecule has 0 amide bonds. The van der Waals surface area contributed by atoms with Crippen molar-refractivity contribution in [1.82, 2.24) is 10.2 Å². The quantitative estimate of drug-likeness (QED) is 0.543. The number of anilines is 2. The summed E-state index contributed by atoms with van der Waals surface area (Å²) in [5, 5.41) is 12.3. The Bertz CT molecular complexity index is 1160. The molecule has 0 fully saturated rings. The summed E-state index contributed by atoms with van der Waals surface area (Å²) < 4.78 is 24.3. The van der Waals surface area contributed by atoms with E-state index in [1.54, 1.807) is 36.4 Å². The number of ether oxygens (including phenoxy) is 1. The summed E-state index contributed by atoms with van der Waals surface area (Å²) >= 11 is 1.13. The van der Waals surface area contributed by atoms with Crippen LogP contribution in [0.5, 0.6) is 5.75 Å². The number of halogens is 1. The SMILES string of the molecule is COc1cccc2cc(-c3nnc(Nc4ccccc4F)s3)c(=O)oc12. The number of para-hydroxylation sites is 2. The van der Waals surface area contributed by atoms with E-state index in [0.29, 0.717) is 26.9 Å². The molecule has 0 radical (unpaired) electrons. The minimum atomic E-state index is -0.546. The van der Waals surface area contributed by atoms with Gasteiger partial charge in [-0.2, -0.15) is 0 Å². The molecule has 130 valence electrons. The Morgan fingerprint density at radius 2 is 2.00 bits per heavy atom. The number of fused-ring (bicyclic) bond motifs is 1. The molecule has 26 heavy (non-hydrogen) atoms. The summed E-state index contributed by atoms with van der Waals surface area (Å²) in [6.07, 6.45) is 0. The van der Waals surface area contributed by atoms with Gasteiger partial charge in [0.1, 0.15) is 5.82 Å². The van der Waals surface area contributed by atoms with Crippen LogP contribution in [0.4, 0.5) is 15.2 Å². The zero-order chi connectivity index (χ0) is 18.1. The molecule has 8 heteroatoms. The topological polar surface area (TPSA) is 77.3 Å². The first kappa shape index (κ1) is 16.2. The molecular weight excluding hydrogens is 357 g/mol. The maximum Gasteiger partial charge on any atom is 0.346 e. The molecule has 4 aromatic rings. The van der Waals surface area contributed by atoms with Gasteiger partial charge < -0.3 is 14.5 Å². The van der Waals surface area contributed by atoms with Crippen LogP contribution in [-0.2, 0) is 0 Å². The van der Waals surface area contributed by atoms with Gasteiger partial charge >= 0.3 is 5.63 Å². The first-order valence-electron chi connectivity index (χ1n) is 7.62. The normalized spacial score (nSPS) is 10.8. The molecule has 0 unspecified atom stereocenters. The van der Waals surface area contributed by atoms with Crippen molar-refractivity contribution < 1.29 is 13.5 Å². The second-order valence-electron chi connectivity index (χ2n) is 5.34. The van der Waals surface area contributed by atoms with E-state index in [-0.39, 0.29) is 11.3 Å². The molecular formula is C18H12FN3O3S. The van der Waals surface area contributed by atoms with Crippen LogP contribution in [0.1, 0.15) is 0 Å². The van der Waals surface area contributed by atoms with Gasteiger partial charge in [-0.1, -0.05) is 35.6 Å². The highest BCUT2D eigenvalue weighted by Gasteiger charge is 2.15. The number of nitrogens with one attached hydrogen (secondary N) is 1. The van der Waals surface area contributed by atoms with E-state index < -0.39 is 11.4 Å². The predicted molar refractivity (Wildman–Crippen MR) is 97.6 cm³/mol. The van der Waals surface area contributed by atoms with E-state index in [1.807, 2.05) is 6.07 Å². The maximum absolute atomic E-state index is 13.7. The molecule has 0 saturated heterocycles. The lowest BCUT2D eigenvalue weighted by Crippen LogP contribution is -2.03. The molecule has 1 N–H and O–H groups in total. The Morgan fingerprint density at radius 1 is 1.15 bits per heavy atom. The Hall–Kier alpha value is -3.26. The molecule has 0 aliphatic carbocycles. The smallest absolute Gasteiger partial charge is 0.346 e. The molecule has 2 heterocycles. The summed E-state index contributed by atoms with van der Waals surface area (Å²) in [5.74, 6) is 0.0758. The Kier molecular flexibility index (Phi) is 4.10. The summed E-state index contributed by atoms with van der Waals surface area (Å²) in [4.78, 5) is 12.4. The van der Waals surface area contributed by atoms with Gasteiger partial charge in [0.05, 0.1) is 18.4 Å². The van der Waals surface area contributed by atoms with Crippen LogP contribution in [0.15, 0.2) is 57.7 Å². The van der Waals surface area contributed by atoms with Crippen LogP contribution in [0.25, 0.3) is 21.5 Å². The lowest BCUT2D eigenvalue weighted by atomic mass is 10.2. The van der Waals surface area contributed by atoms with Crippen molar-refractivity contribution in [2.45, 2.75) is 0 Å². The van der Waals surface area contributed by atoms with Crippen LogP contribution >= 0.6 is 11.3 Å². The van der Waals surface area contributed by atoms with Gasteiger partial charge in [-0.25, -0.2) is 9.18 Å². The van der Waals surface area contributed by atoms with E-state index in [9.17, 15) is 9.18 Å². The van der Waals surface area contributed by atoms with Gasteiger partial charge in [0.2, 0.25) is 5.13 Å². The van der Waals surface area contributed by atoms with Crippen molar-refractivity contribution >= 4 is 33.1 Å². The third kappa shape index (κ3) is 2.91. The largest absolute Gasteiger partial charge is 0.493 e. The van der Waals surface area contributed by atoms with Crippen molar-refractivity contribution in [2.24, 2.45) is 0 Å². The van der Waals surface area contributed by atoms with Crippen molar-refractivity contribution in [3.05, 3.63) is 64.8 Å². The van der Waals surface area contributed by atoms with Crippen LogP contribution in [0.2, 0.25) is 0 Å². The summed E-state index contributed by atoms with van der Waals surface area (Å²) in [5.41, 5.74) is 0.392. The monoisotopic (exact) mass is 369 g/mol. The molecule has 0 saturated carbocycles. The fraction of sp³-hybridized carbons (Fsp3) is 0.0556. The van der Waals surface area contributed by atoms with Gasteiger partial charge in [0, 0.05) is 5.39 Å². The second kappa shape index (κ2) is 6.57. The highest BCUT2D eigenvalue weighted by atomic mass is 32.1. The van der Waals surface area contributed by atoms with Crippen LogP contribution < -0.4 is 15.7 Å². The van der Waals surface area contributed by atoms with E-state index in [4.69, 9.17) is 9.15 Å².